The van der Waals surface area contributed by atoms with Gasteiger partial charge in [-0.2, -0.15) is 11.8 Å². The number of rotatable bonds is 3. The highest BCUT2D eigenvalue weighted by molar-refractivity contribution is 7.99. The van der Waals surface area contributed by atoms with Crippen molar-refractivity contribution < 1.29 is 13.0 Å². The van der Waals surface area contributed by atoms with Crippen LogP contribution in [0.1, 0.15) is 31.2 Å². The lowest BCUT2D eigenvalue weighted by Gasteiger charge is -2.41. The average molecular weight is 406 g/mol. The summed E-state index contributed by atoms with van der Waals surface area (Å²) in [7, 11) is -1.48. The minimum Gasteiger partial charge on any atom is -0.283 e. The first-order valence-electron chi connectivity index (χ1n) is 9.45. The Morgan fingerprint density at radius 1 is 1.04 bits per heavy atom. The zero-order valence-corrected chi connectivity index (χ0v) is 16.5. The zero-order valence-electron chi connectivity index (χ0n) is 14.9. The zero-order chi connectivity index (χ0) is 18.6. The lowest BCUT2D eigenvalue weighted by molar-refractivity contribution is 0.308. The smallest absolute Gasteiger partial charge is 0.153 e. The van der Waals surface area contributed by atoms with Crippen molar-refractivity contribution in [3.63, 3.8) is 0 Å². The van der Waals surface area contributed by atoms with Crippen LogP contribution in [-0.2, 0) is 16.4 Å². The van der Waals surface area contributed by atoms with Crippen LogP contribution in [0.4, 0.5) is 14.5 Å². The minimum atomic E-state index is -1.48. The highest BCUT2D eigenvalue weighted by Gasteiger charge is 2.59. The molecule has 27 heavy (non-hydrogen) atoms. The van der Waals surface area contributed by atoms with Gasteiger partial charge in [0.25, 0.3) is 0 Å². The second-order valence-corrected chi connectivity index (χ2v) is 10.3. The Bertz CT molecular complexity index is 892. The number of halogens is 2. The lowest BCUT2D eigenvalue weighted by atomic mass is 9.70. The van der Waals surface area contributed by atoms with E-state index in [1.165, 1.54) is 18.2 Å². The molecule has 2 aromatic carbocycles. The van der Waals surface area contributed by atoms with E-state index in [-0.39, 0.29) is 23.1 Å². The molecule has 2 aromatic rings. The van der Waals surface area contributed by atoms with Gasteiger partial charge in [0.05, 0.1) is 16.6 Å². The maximum atomic E-state index is 15.1. The standard InChI is InChI=1S/C21H21F2NOS2/c22-15-6-8-16(9-7-15)27(25)24-18-3-1-2-17(23)19(18)21(10-12-26-13-11-21)20(24)14-4-5-14/h1-3,6-9,14,20H,4-5,10-13H2. The van der Waals surface area contributed by atoms with Crippen LogP contribution < -0.4 is 4.31 Å². The van der Waals surface area contributed by atoms with Gasteiger partial charge in [0.1, 0.15) is 11.6 Å². The summed E-state index contributed by atoms with van der Waals surface area (Å²) in [6.45, 7) is 0. The molecule has 2 unspecified atom stereocenters. The van der Waals surface area contributed by atoms with Crippen LogP contribution in [-0.4, -0.2) is 21.8 Å². The molecule has 1 aliphatic carbocycles. The predicted octanol–water partition coefficient (Wildman–Crippen LogP) is 5.05. The Morgan fingerprint density at radius 2 is 1.74 bits per heavy atom. The number of hydrogen-bond donors (Lipinski definition) is 0. The molecule has 0 bridgehead atoms. The molecule has 3 aliphatic rings. The third-order valence-electron chi connectivity index (χ3n) is 6.19. The molecule has 6 heteroatoms. The van der Waals surface area contributed by atoms with Crippen molar-refractivity contribution in [3.8, 4) is 0 Å². The van der Waals surface area contributed by atoms with E-state index in [1.54, 1.807) is 18.2 Å². The molecule has 2 atom stereocenters. The summed E-state index contributed by atoms with van der Waals surface area (Å²) >= 11 is 1.92. The maximum Gasteiger partial charge on any atom is 0.153 e. The fourth-order valence-electron chi connectivity index (χ4n) is 4.90. The largest absolute Gasteiger partial charge is 0.283 e. The summed E-state index contributed by atoms with van der Waals surface area (Å²) in [5.41, 5.74) is 1.27. The van der Waals surface area contributed by atoms with E-state index in [0.29, 0.717) is 10.8 Å². The number of benzene rings is 2. The quantitative estimate of drug-likeness (QED) is 0.712. The number of fused-ring (bicyclic) bond motifs is 2. The normalized spacial score (nSPS) is 24.8. The topological polar surface area (TPSA) is 20.3 Å². The summed E-state index contributed by atoms with van der Waals surface area (Å²) in [4.78, 5) is 0.569. The van der Waals surface area contributed by atoms with Crippen LogP contribution in [0.15, 0.2) is 47.4 Å². The van der Waals surface area contributed by atoms with Gasteiger partial charge in [0.2, 0.25) is 0 Å². The van der Waals surface area contributed by atoms with Gasteiger partial charge in [-0.25, -0.2) is 13.0 Å². The molecule has 0 aromatic heterocycles. The third kappa shape index (κ3) is 2.75. The molecule has 0 radical (unpaired) electrons. The van der Waals surface area contributed by atoms with Crippen molar-refractivity contribution >= 4 is 28.4 Å². The molecule has 1 saturated carbocycles. The van der Waals surface area contributed by atoms with Crippen LogP contribution in [0.5, 0.6) is 0 Å². The molecule has 2 aliphatic heterocycles. The van der Waals surface area contributed by atoms with Gasteiger partial charge in [-0.3, -0.25) is 4.31 Å². The number of anilines is 1. The van der Waals surface area contributed by atoms with Crippen LogP contribution in [0, 0.1) is 17.6 Å². The molecule has 0 N–H and O–H groups in total. The van der Waals surface area contributed by atoms with Crippen LogP contribution >= 0.6 is 11.8 Å². The summed E-state index contributed by atoms with van der Waals surface area (Å²) in [6, 6.07) is 11.1. The van der Waals surface area contributed by atoms with E-state index in [1.807, 2.05) is 22.1 Å². The van der Waals surface area contributed by atoms with Crippen LogP contribution in [0.3, 0.4) is 0 Å². The van der Waals surface area contributed by atoms with Crippen LogP contribution in [0.2, 0.25) is 0 Å². The van der Waals surface area contributed by atoms with Crippen LogP contribution in [0.25, 0.3) is 0 Å². The number of nitrogens with zero attached hydrogens (tertiary/aromatic N) is 1. The monoisotopic (exact) mass is 405 g/mol. The van der Waals surface area contributed by atoms with E-state index < -0.39 is 11.0 Å². The molecule has 2 fully saturated rings. The Labute approximate surface area is 164 Å². The van der Waals surface area contributed by atoms with E-state index >= 15 is 4.39 Å². The van der Waals surface area contributed by atoms with Crippen molar-refractivity contribution in [2.75, 3.05) is 15.8 Å². The SMILES string of the molecule is O=S(c1ccc(F)cc1)N1c2cccc(F)c2C2(CCSCC2)C1C1CC1. The molecule has 142 valence electrons. The Balaban J connectivity index is 1.67. The van der Waals surface area contributed by atoms with Crippen molar-refractivity contribution in [1.82, 2.24) is 0 Å². The molecule has 2 nitrogen and oxygen atoms in total. The number of hydrogen-bond acceptors (Lipinski definition) is 2. The first-order valence-corrected chi connectivity index (χ1v) is 11.7. The highest BCUT2D eigenvalue weighted by Crippen LogP contribution is 2.59. The first kappa shape index (κ1) is 17.7. The van der Waals surface area contributed by atoms with Gasteiger partial charge in [-0.1, -0.05) is 6.07 Å². The molecule has 0 amide bonds. The van der Waals surface area contributed by atoms with E-state index in [2.05, 4.69) is 0 Å². The minimum absolute atomic E-state index is 0.0520. The first-order chi connectivity index (χ1) is 13.1. The average Bonchev–Trinajstić information content (AvgIpc) is 3.47. The van der Waals surface area contributed by atoms with Gasteiger partial charge < -0.3 is 0 Å². The number of thioether (sulfide) groups is 1. The molecule has 1 saturated heterocycles. The van der Waals surface area contributed by atoms with Gasteiger partial charge in [-0.15, -0.1) is 0 Å². The molecule has 1 spiro atoms. The molecule has 2 heterocycles. The van der Waals surface area contributed by atoms with Crippen molar-refractivity contribution in [1.29, 1.82) is 0 Å². The summed E-state index contributed by atoms with van der Waals surface area (Å²) < 4.78 is 44.0. The second kappa shape index (κ2) is 6.59. The molecule has 5 rings (SSSR count). The van der Waals surface area contributed by atoms with Crippen molar-refractivity contribution in [2.45, 2.75) is 42.0 Å². The summed E-state index contributed by atoms with van der Waals surface area (Å²) in [5, 5.41) is 0. The Morgan fingerprint density at radius 3 is 2.41 bits per heavy atom. The van der Waals surface area contributed by atoms with E-state index in [4.69, 9.17) is 0 Å². The van der Waals surface area contributed by atoms with Gasteiger partial charge in [0.15, 0.2) is 11.0 Å². The van der Waals surface area contributed by atoms with Gasteiger partial charge >= 0.3 is 0 Å². The Hall–Kier alpha value is -1.40. The highest BCUT2D eigenvalue weighted by atomic mass is 32.2. The summed E-state index contributed by atoms with van der Waals surface area (Å²) in [6.07, 6.45) is 4.05. The van der Waals surface area contributed by atoms with Gasteiger partial charge in [-0.05, 0) is 79.5 Å². The summed E-state index contributed by atoms with van der Waals surface area (Å²) in [5.74, 6) is 1.94. The van der Waals surface area contributed by atoms with Crippen molar-refractivity contribution in [2.24, 2.45) is 5.92 Å². The Kier molecular flexibility index (Phi) is 4.32. The van der Waals surface area contributed by atoms with Gasteiger partial charge in [0, 0.05) is 11.0 Å². The fourth-order valence-corrected chi connectivity index (χ4v) is 7.63. The van der Waals surface area contributed by atoms with E-state index in [0.717, 1.165) is 48.4 Å². The second-order valence-electron chi connectivity index (χ2n) is 7.71. The third-order valence-corrected chi connectivity index (χ3v) is 8.64. The van der Waals surface area contributed by atoms with E-state index in [9.17, 15) is 8.60 Å². The molecular weight excluding hydrogens is 384 g/mol. The predicted molar refractivity (Wildman–Crippen MR) is 106 cm³/mol. The fraction of sp³-hybridized carbons (Fsp3) is 0.429. The van der Waals surface area contributed by atoms with Crippen molar-refractivity contribution in [3.05, 3.63) is 59.7 Å². The lowest BCUT2D eigenvalue weighted by Crippen LogP contribution is -2.49. The molecular formula is C21H21F2NOS2. The maximum absolute atomic E-state index is 15.1.